The van der Waals surface area contributed by atoms with E-state index in [0.717, 1.165) is 26.3 Å². The lowest BCUT2D eigenvalue weighted by molar-refractivity contribution is -0.511. The lowest BCUT2D eigenvalue weighted by Gasteiger charge is -2.45. The summed E-state index contributed by atoms with van der Waals surface area (Å²) in [5, 5.41) is 11.3. The molecule has 1 aromatic rings. The van der Waals surface area contributed by atoms with E-state index < -0.39 is 60.1 Å². The van der Waals surface area contributed by atoms with Gasteiger partial charge in [-0.15, -0.1) is 0 Å². The highest BCUT2D eigenvalue weighted by Crippen LogP contribution is 2.34. The normalized spacial score (nSPS) is 25.8. The van der Waals surface area contributed by atoms with Gasteiger partial charge in [-0.1, -0.05) is 30.3 Å². The second kappa shape index (κ2) is 10.1. The Kier molecular flexibility index (Phi) is 7.84. The van der Waals surface area contributed by atoms with Crippen LogP contribution in [0.3, 0.4) is 0 Å². The first-order chi connectivity index (χ1) is 14.1. The van der Waals surface area contributed by atoms with E-state index in [1.54, 1.807) is 24.3 Å². The minimum Gasteiger partial charge on any atom is -0.454 e. The van der Waals surface area contributed by atoms with Crippen LogP contribution in [0.5, 0.6) is 0 Å². The number of benzene rings is 1. The molecule has 0 unspecified atom stereocenters. The zero-order valence-corrected chi connectivity index (χ0v) is 16.8. The summed E-state index contributed by atoms with van der Waals surface area (Å²) < 4.78 is 27.0. The van der Waals surface area contributed by atoms with E-state index in [9.17, 15) is 24.5 Å². The average molecular weight is 425 g/mol. The molecule has 0 spiro atoms. The van der Waals surface area contributed by atoms with Crippen molar-refractivity contribution in [2.24, 2.45) is 0 Å². The first-order valence-electron chi connectivity index (χ1n) is 9.06. The number of ether oxygens (including phenoxy) is 5. The van der Waals surface area contributed by atoms with Crippen LogP contribution in [0.25, 0.3) is 0 Å². The van der Waals surface area contributed by atoms with Crippen LogP contribution in [0.15, 0.2) is 30.3 Å². The van der Waals surface area contributed by atoms with Crippen molar-refractivity contribution in [2.45, 2.75) is 51.5 Å². The van der Waals surface area contributed by atoms with E-state index in [1.165, 1.54) is 0 Å². The van der Waals surface area contributed by atoms with Crippen molar-refractivity contribution in [3.63, 3.8) is 0 Å². The van der Waals surface area contributed by atoms with Gasteiger partial charge in [0.1, 0.15) is 6.61 Å². The van der Waals surface area contributed by atoms with E-state index in [4.69, 9.17) is 23.7 Å². The van der Waals surface area contributed by atoms with Gasteiger partial charge in [0.15, 0.2) is 18.5 Å². The molecular weight excluding hydrogens is 402 g/mol. The zero-order valence-electron chi connectivity index (χ0n) is 16.8. The maximum atomic E-state index is 11.7. The van der Waals surface area contributed by atoms with Crippen molar-refractivity contribution in [3.8, 4) is 0 Å². The third-order valence-corrected chi connectivity index (χ3v) is 4.17. The van der Waals surface area contributed by atoms with Crippen LogP contribution in [0.4, 0.5) is 0 Å². The van der Waals surface area contributed by atoms with Gasteiger partial charge < -0.3 is 23.7 Å². The quantitative estimate of drug-likeness (QED) is 0.256. The molecule has 0 N–H and O–H groups in total. The van der Waals surface area contributed by atoms with Gasteiger partial charge in [-0.25, -0.2) is 0 Å². The van der Waals surface area contributed by atoms with Crippen molar-refractivity contribution in [3.05, 3.63) is 46.0 Å². The third-order valence-electron chi connectivity index (χ3n) is 4.17. The maximum Gasteiger partial charge on any atom is 0.303 e. The molecule has 0 amide bonds. The fourth-order valence-electron chi connectivity index (χ4n) is 3.16. The minimum absolute atomic E-state index is 0.0614. The summed E-state index contributed by atoms with van der Waals surface area (Å²) in [6, 6.07) is 9.01. The monoisotopic (exact) mass is 425 g/mol. The van der Waals surface area contributed by atoms with E-state index in [0.29, 0.717) is 0 Å². The molecule has 0 aliphatic carbocycles. The molecule has 11 heteroatoms. The molecule has 1 aliphatic heterocycles. The van der Waals surface area contributed by atoms with Crippen LogP contribution in [0.1, 0.15) is 26.3 Å². The van der Waals surface area contributed by atoms with Gasteiger partial charge >= 0.3 is 17.9 Å². The fourth-order valence-corrected chi connectivity index (χ4v) is 3.16. The predicted octanol–water partition coefficient (Wildman–Crippen LogP) is 1.00. The summed E-state index contributed by atoms with van der Waals surface area (Å²) in [6.45, 7) is 1.84. The van der Waals surface area contributed by atoms with Crippen molar-refractivity contribution in [2.75, 3.05) is 13.2 Å². The Labute approximate surface area is 172 Å². The second-order valence-corrected chi connectivity index (χ2v) is 6.73. The van der Waals surface area contributed by atoms with Crippen molar-refractivity contribution >= 4 is 17.9 Å². The van der Waals surface area contributed by atoms with Gasteiger partial charge in [-0.3, -0.25) is 24.5 Å². The summed E-state index contributed by atoms with van der Waals surface area (Å²) in [5.74, 6) is -2.45. The summed E-state index contributed by atoms with van der Waals surface area (Å²) in [7, 11) is 0. The molecule has 1 heterocycles. The van der Waals surface area contributed by atoms with Crippen molar-refractivity contribution in [1.29, 1.82) is 0 Å². The summed E-state index contributed by atoms with van der Waals surface area (Å²) in [4.78, 5) is 45.7. The Balaban J connectivity index is 2.38. The van der Waals surface area contributed by atoms with E-state index in [-0.39, 0.29) is 6.61 Å². The zero-order chi connectivity index (χ0) is 22.3. The first kappa shape index (κ1) is 23.2. The molecule has 0 saturated carbocycles. The molecule has 11 nitrogen and oxygen atoms in total. The number of rotatable bonds is 8. The molecule has 164 valence electrons. The molecule has 1 fully saturated rings. The topological polar surface area (TPSA) is 141 Å². The van der Waals surface area contributed by atoms with Crippen LogP contribution in [0.2, 0.25) is 0 Å². The molecule has 4 atom stereocenters. The summed E-state index contributed by atoms with van der Waals surface area (Å²) in [6.07, 6.45) is -4.17. The number of carbonyl (C=O) groups excluding carboxylic acids is 3. The number of hydrogen-bond acceptors (Lipinski definition) is 10. The van der Waals surface area contributed by atoms with Crippen LogP contribution in [-0.4, -0.2) is 60.1 Å². The van der Waals surface area contributed by atoms with E-state index >= 15 is 0 Å². The van der Waals surface area contributed by atoms with Crippen molar-refractivity contribution < 1.29 is 43.0 Å². The predicted molar refractivity (Wildman–Crippen MR) is 98.4 cm³/mol. The lowest BCUT2D eigenvalue weighted by atomic mass is 9.89. The van der Waals surface area contributed by atoms with Gasteiger partial charge in [-0.05, 0) is 5.56 Å². The highest BCUT2D eigenvalue weighted by molar-refractivity contribution is 5.69. The number of hydrogen-bond donors (Lipinski definition) is 0. The molecule has 0 radical (unpaired) electrons. The van der Waals surface area contributed by atoms with Gasteiger partial charge in [0.25, 0.3) is 0 Å². The molecule has 2 rings (SSSR count). The Morgan fingerprint density at radius 1 is 1.10 bits per heavy atom. The average Bonchev–Trinajstić information content (AvgIpc) is 2.63. The SMILES string of the molecule is CC(=O)O[C@@H]1[C@H](OCc2ccccc2)OC[C@@](C[N+](=O)[O-])(OC(C)=O)[C@H]1OC(C)=O. The molecule has 30 heavy (non-hydrogen) atoms. The smallest absolute Gasteiger partial charge is 0.303 e. The summed E-state index contributed by atoms with van der Waals surface area (Å²) in [5.41, 5.74) is -1.22. The molecule has 0 aromatic heterocycles. The molecule has 1 aliphatic rings. The molecule has 1 aromatic carbocycles. The van der Waals surface area contributed by atoms with Crippen LogP contribution in [0, 0.1) is 10.1 Å². The Morgan fingerprint density at radius 3 is 2.27 bits per heavy atom. The number of carbonyl (C=O) groups is 3. The Hall–Kier alpha value is -3.05. The Bertz CT molecular complexity index is 765. The molecular formula is C19H23NO10. The lowest BCUT2D eigenvalue weighted by Crippen LogP contribution is -2.67. The van der Waals surface area contributed by atoms with Gasteiger partial charge in [0.05, 0.1) is 6.61 Å². The first-order valence-corrected chi connectivity index (χ1v) is 9.06. The largest absolute Gasteiger partial charge is 0.454 e. The third kappa shape index (κ3) is 6.22. The number of nitro groups is 1. The minimum atomic E-state index is -2.01. The molecule has 0 bridgehead atoms. The second-order valence-electron chi connectivity index (χ2n) is 6.73. The van der Waals surface area contributed by atoms with E-state index in [1.807, 2.05) is 6.07 Å². The highest BCUT2D eigenvalue weighted by atomic mass is 16.7. The van der Waals surface area contributed by atoms with E-state index in [2.05, 4.69) is 0 Å². The van der Waals surface area contributed by atoms with Crippen molar-refractivity contribution in [1.82, 2.24) is 0 Å². The molecule has 1 saturated heterocycles. The summed E-state index contributed by atoms with van der Waals surface area (Å²) >= 11 is 0. The standard InChI is InChI=1S/C19H23NO10/c1-12(21)28-16-17(29-13(2)22)19(10-20(24)25,30-14(3)23)11-27-18(16)26-9-15-7-5-4-6-8-15/h4-8,16-18H,9-11H2,1-3H3/t16-,17-,18+,19+/m0/s1. The van der Waals surface area contributed by atoms with Crippen LogP contribution >= 0.6 is 0 Å². The van der Waals surface area contributed by atoms with Crippen LogP contribution < -0.4 is 0 Å². The number of nitrogens with zero attached hydrogens (tertiary/aromatic N) is 1. The number of esters is 3. The fraction of sp³-hybridized carbons (Fsp3) is 0.526. The van der Waals surface area contributed by atoms with Gasteiger partial charge in [0, 0.05) is 25.7 Å². The maximum absolute atomic E-state index is 11.7. The Morgan fingerprint density at radius 2 is 1.73 bits per heavy atom. The van der Waals surface area contributed by atoms with Gasteiger partial charge in [-0.2, -0.15) is 0 Å². The van der Waals surface area contributed by atoms with Gasteiger partial charge in [0.2, 0.25) is 12.1 Å². The van der Waals surface area contributed by atoms with Crippen LogP contribution in [-0.2, 0) is 44.7 Å². The highest BCUT2D eigenvalue weighted by Gasteiger charge is 2.60.